The molecule has 1 aromatic heterocycles. The summed E-state index contributed by atoms with van der Waals surface area (Å²) >= 11 is 0. The van der Waals surface area contributed by atoms with Gasteiger partial charge < -0.3 is 20.2 Å². The summed E-state index contributed by atoms with van der Waals surface area (Å²) in [5, 5.41) is 11.4. The molecule has 1 rings (SSSR count). The number of methoxy groups -OCH3 is 1. The SMILES string of the molecule is COCCn1c(C)ccc(/C(N)=N/O)c1=O. The van der Waals surface area contributed by atoms with Crippen molar-refractivity contribution < 1.29 is 9.94 Å². The Morgan fingerprint density at radius 3 is 2.88 bits per heavy atom. The van der Waals surface area contributed by atoms with Gasteiger partial charge in [0.05, 0.1) is 12.2 Å². The van der Waals surface area contributed by atoms with E-state index in [1.807, 2.05) is 6.92 Å². The van der Waals surface area contributed by atoms with E-state index in [1.165, 1.54) is 10.6 Å². The van der Waals surface area contributed by atoms with Gasteiger partial charge in [0.1, 0.15) is 0 Å². The van der Waals surface area contributed by atoms with Gasteiger partial charge in [-0.15, -0.1) is 0 Å². The number of rotatable bonds is 4. The molecule has 0 radical (unpaired) electrons. The Morgan fingerprint density at radius 1 is 1.62 bits per heavy atom. The van der Waals surface area contributed by atoms with Crippen molar-refractivity contribution in [1.29, 1.82) is 0 Å². The van der Waals surface area contributed by atoms with E-state index >= 15 is 0 Å². The number of nitrogens with zero attached hydrogens (tertiary/aromatic N) is 2. The molecule has 3 N–H and O–H groups in total. The molecule has 0 amide bonds. The van der Waals surface area contributed by atoms with E-state index in [9.17, 15) is 4.79 Å². The lowest BCUT2D eigenvalue weighted by molar-refractivity contribution is 0.185. The maximum atomic E-state index is 11.9. The highest BCUT2D eigenvalue weighted by molar-refractivity contribution is 5.96. The Bertz CT molecular complexity index is 451. The van der Waals surface area contributed by atoms with Crippen molar-refractivity contribution in [2.24, 2.45) is 10.9 Å². The Balaban J connectivity index is 3.22. The van der Waals surface area contributed by atoms with Gasteiger partial charge in [0.25, 0.3) is 5.56 Å². The van der Waals surface area contributed by atoms with E-state index in [0.717, 1.165) is 5.69 Å². The van der Waals surface area contributed by atoms with Crippen LogP contribution in [0, 0.1) is 6.92 Å². The summed E-state index contributed by atoms with van der Waals surface area (Å²) in [6, 6.07) is 3.28. The molecule has 0 saturated carbocycles. The zero-order valence-electron chi connectivity index (χ0n) is 9.30. The van der Waals surface area contributed by atoms with Crippen LogP contribution in [0.4, 0.5) is 0 Å². The van der Waals surface area contributed by atoms with Crippen molar-refractivity contribution in [2.45, 2.75) is 13.5 Å². The number of pyridine rings is 1. The third kappa shape index (κ3) is 2.40. The zero-order valence-corrected chi connectivity index (χ0v) is 9.30. The third-order valence-electron chi connectivity index (χ3n) is 2.30. The van der Waals surface area contributed by atoms with Crippen LogP contribution in [0.25, 0.3) is 0 Å². The fourth-order valence-electron chi connectivity index (χ4n) is 1.38. The monoisotopic (exact) mass is 225 g/mol. The average Bonchev–Trinajstić information content (AvgIpc) is 2.28. The number of nitrogens with two attached hydrogens (primary N) is 1. The summed E-state index contributed by atoms with van der Waals surface area (Å²) in [6.07, 6.45) is 0. The predicted octanol–water partition coefficient (Wildman–Crippen LogP) is -0.102. The van der Waals surface area contributed by atoms with Crippen LogP contribution in [0.2, 0.25) is 0 Å². The minimum absolute atomic E-state index is 0.184. The first kappa shape index (κ1) is 12.3. The number of aryl methyl sites for hydroxylation is 1. The van der Waals surface area contributed by atoms with E-state index in [4.69, 9.17) is 15.7 Å². The minimum atomic E-state index is -0.285. The summed E-state index contributed by atoms with van der Waals surface area (Å²) in [6.45, 7) is 2.68. The smallest absolute Gasteiger partial charge is 0.261 e. The molecule has 0 fully saturated rings. The Hall–Kier alpha value is -1.82. The van der Waals surface area contributed by atoms with Gasteiger partial charge in [-0.3, -0.25) is 4.79 Å². The molecule has 0 aliphatic heterocycles. The Labute approximate surface area is 92.9 Å². The molecular formula is C10H15N3O3. The number of amidine groups is 1. The van der Waals surface area contributed by atoms with Crippen molar-refractivity contribution in [1.82, 2.24) is 4.57 Å². The number of hydrogen-bond acceptors (Lipinski definition) is 4. The molecule has 0 aliphatic rings. The average molecular weight is 225 g/mol. The quantitative estimate of drug-likeness (QED) is 0.324. The summed E-state index contributed by atoms with van der Waals surface area (Å²) < 4.78 is 6.44. The van der Waals surface area contributed by atoms with Crippen LogP contribution in [0.5, 0.6) is 0 Å². The summed E-state index contributed by atoms with van der Waals surface area (Å²) in [7, 11) is 1.56. The third-order valence-corrected chi connectivity index (χ3v) is 2.30. The summed E-state index contributed by atoms with van der Waals surface area (Å²) in [4.78, 5) is 11.9. The molecule has 6 nitrogen and oxygen atoms in total. The van der Waals surface area contributed by atoms with Crippen LogP contribution in [-0.2, 0) is 11.3 Å². The van der Waals surface area contributed by atoms with E-state index in [2.05, 4.69) is 5.16 Å². The molecule has 1 aromatic rings. The topological polar surface area (TPSA) is 89.8 Å². The molecule has 16 heavy (non-hydrogen) atoms. The lowest BCUT2D eigenvalue weighted by atomic mass is 10.2. The van der Waals surface area contributed by atoms with Gasteiger partial charge in [0.15, 0.2) is 5.84 Å². The van der Waals surface area contributed by atoms with Crippen LogP contribution in [0.1, 0.15) is 11.3 Å². The molecule has 88 valence electrons. The summed E-state index contributed by atoms with van der Waals surface area (Å²) in [5.74, 6) is -0.184. The van der Waals surface area contributed by atoms with E-state index in [-0.39, 0.29) is 17.0 Å². The maximum absolute atomic E-state index is 11.9. The highest BCUT2D eigenvalue weighted by Crippen LogP contribution is 1.98. The minimum Gasteiger partial charge on any atom is -0.409 e. The Kier molecular flexibility index (Phi) is 4.07. The van der Waals surface area contributed by atoms with Gasteiger partial charge in [0, 0.05) is 19.3 Å². The predicted molar refractivity (Wildman–Crippen MR) is 59.8 cm³/mol. The Morgan fingerprint density at radius 2 is 2.31 bits per heavy atom. The van der Waals surface area contributed by atoms with Crippen LogP contribution in [-0.4, -0.2) is 29.3 Å². The molecule has 0 saturated heterocycles. The van der Waals surface area contributed by atoms with Gasteiger partial charge in [-0.1, -0.05) is 5.16 Å². The highest BCUT2D eigenvalue weighted by atomic mass is 16.5. The molecule has 6 heteroatoms. The van der Waals surface area contributed by atoms with Crippen LogP contribution in [0.15, 0.2) is 22.1 Å². The van der Waals surface area contributed by atoms with Crippen LogP contribution >= 0.6 is 0 Å². The number of ether oxygens (including phenoxy) is 1. The van der Waals surface area contributed by atoms with Gasteiger partial charge in [0.2, 0.25) is 0 Å². The van der Waals surface area contributed by atoms with Crippen LogP contribution < -0.4 is 11.3 Å². The molecule has 0 bridgehead atoms. The second-order valence-electron chi connectivity index (χ2n) is 3.32. The molecule has 0 spiro atoms. The largest absolute Gasteiger partial charge is 0.409 e. The van der Waals surface area contributed by atoms with Crippen molar-refractivity contribution in [3.63, 3.8) is 0 Å². The number of aromatic nitrogens is 1. The molecule has 1 heterocycles. The zero-order chi connectivity index (χ0) is 12.1. The molecular weight excluding hydrogens is 210 g/mol. The van der Waals surface area contributed by atoms with E-state index in [0.29, 0.717) is 13.2 Å². The first-order valence-electron chi connectivity index (χ1n) is 4.79. The van der Waals surface area contributed by atoms with Crippen LogP contribution in [0.3, 0.4) is 0 Å². The number of hydrogen-bond donors (Lipinski definition) is 2. The van der Waals surface area contributed by atoms with Gasteiger partial charge >= 0.3 is 0 Å². The standard InChI is InChI=1S/C10H15N3O3/c1-7-3-4-8(9(11)12-15)10(14)13(7)5-6-16-2/h3-4,15H,5-6H2,1-2H3,(H2,11,12). The lowest BCUT2D eigenvalue weighted by Crippen LogP contribution is -2.32. The van der Waals surface area contributed by atoms with Gasteiger partial charge in [-0.05, 0) is 19.1 Å². The van der Waals surface area contributed by atoms with Crippen molar-refractivity contribution in [2.75, 3.05) is 13.7 Å². The lowest BCUT2D eigenvalue weighted by Gasteiger charge is -2.10. The molecule has 0 aliphatic carbocycles. The van der Waals surface area contributed by atoms with Gasteiger partial charge in [-0.2, -0.15) is 0 Å². The van der Waals surface area contributed by atoms with E-state index in [1.54, 1.807) is 13.2 Å². The normalized spacial score (nSPS) is 11.8. The summed E-state index contributed by atoms with van der Waals surface area (Å²) in [5.41, 5.74) is 6.10. The van der Waals surface area contributed by atoms with Crippen molar-refractivity contribution in [3.05, 3.63) is 33.7 Å². The molecule has 0 atom stereocenters. The first-order valence-corrected chi connectivity index (χ1v) is 4.79. The van der Waals surface area contributed by atoms with Crippen molar-refractivity contribution in [3.8, 4) is 0 Å². The second-order valence-corrected chi connectivity index (χ2v) is 3.32. The van der Waals surface area contributed by atoms with Crippen molar-refractivity contribution >= 4 is 5.84 Å². The number of oxime groups is 1. The fraction of sp³-hybridized carbons (Fsp3) is 0.400. The first-order chi connectivity index (χ1) is 7.61. The second kappa shape index (κ2) is 5.32. The molecule has 0 unspecified atom stereocenters. The maximum Gasteiger partial charge on any atom is 0.261 e. The van der Waals surface area contributed by atoms with E-state index < -0.39 is 0 Å². The highest BCUT2D eigenvalue weighted by Gasteiger charge is 2.09. The fourth-order valence-corrected chi connectivity index (χ4v) is 1.38. The van der Waals surface area contributed by atoms with Gasteiger partial charge in [-0.25, -0.2) is 0 Å². The molecule has 0 aromatic carbocycles.